The molecule has 1 amide bonds. The van der Waals surface area contributed by atoms with Crippen LogP contribution in [-0.4, -0.2) is 29.9 Å². The summed E-state index contributed by atoms with van der Waals surface area (Å²) in [6.07, 6.45) is 0.330. The number of nitrogens with zero attached hydrogens (tertiary/aromatic N) is 2. The van der Waals surface area contributed by atoms with Crippen LogP contribution in [0.3, 0.4) is 0 Å². The van der Waals surface area contributed by atoms with E-state index in [1.165, 1.54) is 11.3 Å². The molecule has 0 aliphatic rings. The first-order valence-electron chi connectivity index (χ1n) is 5.57. The number of carbonyl (C=O) groups excluding carboxylic acids is 1. The monoisotopic (exact) mass is 261 g/mol. The molecule has 1 heterocycles. The lowest BCUT2D eigenvalue weighted by Crippen LogP contribution is -2.23. The van der Waals surface area contributed by atoms with Gasteiger partial charge in [-0.05, 0) is 12.1 Å². The molecule has 1 aromatic carbocycles. The van der Waals surface area contributed by atoms with E-state index in [2.05, 4.69) is 4.98 Å². The van der Waals surface area contributed by atoms with Crippen molar-refractivity contribution in [2.75, 3.05) is 19.8 Å². The smallest absolute Gasteiger partial charge is 0.228 e. The van der Waals surface area contributed by atoms with Crippen molar-refractivity contribution in [2.45, 2.75) is 6.42 Å². The molecule has 2 N–H and O–H groups in total. The van der Waals surface area contributed by atoms with Gasteiger partial charge in [-0.25, -0.2) is 4.98 Å². The summed E-state index contributed by atoms with van der Waals surface area (Å²) in [7, 11) is 3.48. The number of hydrogen-bond acceptors (Lipinski definition) is 4. The van der Waals surface area contributed by atoms with Crippen molar-refractivity contribution in [1.82, 2.24) is 9.88 Å². The van der Waals surface area contributed by atoms with Crippen LogP contribution >= 0.6 is 11.3 Å². The number of carbonyl (C=O) groups is 1. The van der Waals surface area contributed by atoms with Crippen molar-refractivity contribution in [3.05, 3.63) is 35.3 Å². The maximum atomic E-state index is 11.6. The highest BCUT2D eigenvalue weighted by molar-refractivity contribution is 7.13. The summed E-state index contributed by atoms with van der Waals surface area (Å²) in [6, 6.07) is 7.60. The van der Waals surface area contributed by atoms with Crippen molar-refractivity contribution in [3.8, 4) is 10.6 Å². The van der Waals surface area contributed by atoms with Gasteiger partial charge in [0, 0.05) is 30.7 Å². The Labute approximate surface area is 110 Å². The molecule has 0 aliphatic carbocycles. The minimum atomic E-state index is 0.0490. The summed E-state index contributed by atoms with van der Waals surface area (Å²) >= 11 is 1.51. The van der Waals surface area contributed by atoms with Gasteiger partial charge >= 0.3 is 0 Å². The Morgan fingerprint density at radius 3 is 2.78 bits per heavy atom. The highest BCUT2D eigenvalue weighted by Crippen LogP contribution is 2.28. The first-order valence-corrected chi connectivity index (χ1v) is 6.45. The number of aromatic nitrogens is 1. The molecule has 2 aromatic rings. The van der Waals surface area contributed by atoms with Gasteiger partial charge in [0.15, 0.2) is 0 Å². The van der Waals surface area contributed by atoms with E-state index in [4.69, 9.17) is 5.73 Å². The molecule has 0 fully saturated rings. The van der Waals surface area contributed by atoms with Crippen LogP contribution in [0.2, 0.25) is 0 Å². The molecule has 5 heteroatoms. The summed E-state index contributed by atoms with van der Waals surface area (Å²) in [4.78, 5) is 17.6. The molecule has 0 spiro atoms. The van der Waals surface area contributed by atoms with Gasteiger partial charge in [0.25, 0.3) is 0 Å². The first kappa shape index (κ1) is 12.6. The molecule has 0 bridgehead atoms. The van der Waals surface area contributed by atoms with Crippen molar-refractivity contribution in [1.29, 1.82) is 0 Å². The molecule has 0 aliphatic heterocycles. The molecule has 2 rings (SSSR count). The van der Waals surface area contributed by atoms with Gasteiger partial charge in [-0.1, -0.05) is 12.1 Å². The number of likely N-dealkylation sites (N-methyl/N-ethyl adjacent to an activating group) is 1. The van der Waals surface area contributed by atoms with E-state index >= 15 is 0 Å². The molecule has 0 unspecified atom stereocenters. The van der Waals surface area contributed by atoms with Crippen molar-refractivity contribution in [2.24, 2.45) is 0 Å². The number of anilines is 1. The van der Waals surface area contributed by atoms with Gasteiger partial charge in [-0.3, -0.25) is 4.79 Å². The average Bonchev–Trinajstić information content (AvgIpc) is 2.77. The number of thiazole rings is 1. The second kappa shape index (κ2) is 5.18. The Kier molecular flexibility index (Phi) is 3.62. The van der Waals surface area contributed by atoms with Crippen LogP contribution in [0.4, 0.5) is 5.69 Å². The molecule has 0 saturated carbocycles. The van der Waals surface area contributed by atoms with Gasteiger partial charge < -0.3 is 10.6 Å². The lowest BCUT2D eigenvalue weighted by molar-refractivity contribution is -0.128. The molecule has 0 atom stereocenters. The molecule has 4 nitrogen and oxygen atoms in total. The Balaban J connectivity index is 2.21. The van der Waals surface area contributed by atoms with E-state index in [-0.39, 0.29) is 5.91 Å². The van der Waals surface area contributed by atoms with Crippen LogP contribution in [-0.2, 0) is 11.2 Å². The normalized spacial score (nSPS) is 10.3. The highest BCUT2D eigenvalue weighted by atomic mass is 32.1. The van der Waals surface area contributed by atoms with E-state index in [9.17, 15) is 4.79 Å². The molecule has 0 saturated heterocycles. The first-order chi connectivity index (χ1) is 8.58. The van der Waals surface area contributed by atoms with Gasteiger partial charge in [-0.2, -0.15) is 0 Å². The van der Waals surface area contributed by atoms with Crippen LogP contribution in [0.1, 0.15) is 5.69 Å². The highest BCUT2D eigenvalue weighted by Gasteiger charge is 2.11. The fourth-order valence-electron chi connectivity index (χ4n) is 1.52. The molecular formula is C13H15N3OS. The van der Waals surface area contributed by atoms with Crippen LogP contribution in [0, 0.1) is 0 Å². The van der Waals surface area contributed by atoms with Crippen molar-refractivity contribution >= 4 is 22.9 Å². The number of rotatable bonds is 3. The van der Waals surface area contributed by atoms with Crippen LogP contribution < -0.4 is 5.73 Å². The Bertz CT molecular complexity index is 563. The number of amides is 1. The number of nitrogen functional groups attached to an aromatic ring is 1. The minimum absolute atomic E-state index is 0.0490. The van der Waals surface area contributed by atoms with Gasteiger partial charge in [0.1, 0.15) is 5.01 Å². The van der Waals surface area contributed by atoms with Crippen molar-refractivity contribution in [3.63, 3.8) is 0 Å². The van der Waals surface area contributed by atoms with E-state index in [0.717, 1.165) is 16.3 Å². The predicted molar refractivity (Wildman–Crippen MR) is 74.4 cm³/mol. The molecule has 18 heavy (non-hydrogen) atoms. The number of benzene rings is 1. The summed E-state index contributed by atoms with van der Waals surface area (Å²) in [5.41, 5.74) is 8.32. The number of para-hydroxylation sites is 1. The maximum absolute atomic E-state index is 11.6. The number of nitrogens with two attached hydrogens (primary N) is 1. The maximum Gasteiger partial charge on any atom is 0.228 e. The zero-order chi connectivity index (χ0) is 13.1. The fourth-order valence-corrected chi connectivity index (χ4v) is 2.38. The predicted octanol–water partition coefficient (Wildman–Crippen LogP) is 2.02. The number of hydrogen-bond donors (Lipinski definition) is 1. The van der Waals surface area contributed by atoms with Crippen molar-refractivity contribution < 1.29 is 4.79 Å². The molecule has 94 valence electrons. The average molecular weight is 261 g/mol. The lowest BCUT2D eigenvalue weighted by atomic mass is 10.2. The largest absolute Gasteiger partial charge is 0.398 e. The quantitative estimate of drug-likeness (QED) is 0.860. The summed E-state index contributed by atoms with van der Waals surface area (Å²) in [6.45, 7) is 0. The van der Waals surface area contributed by atoms with E-state index < -0.39 is 0 Å². The van der Waals surface area contributed by atoms with Gasteiger partial charge in [0.05, 0.1) is 12.1 Å². The summed E-state index contributed by atoms with van der Waals surface area (Å²) < 4.78 is 0. The minimum Gasteiger partial charge on any atom is -0.398 e. The lowest BCUT2D eigenvalue weighted by Gasteiger charge is -2.08. The zero-order valence-electron chi connectivity index (χ0n) is 10.4. The van der Waals surface area contributed by atoms with E-state index in [1.54, 1.807) is 19.0 Å². The second-order valence-electron chi connectivity index (χ2n) is 4.20. The molecule has 1 aromatic heterocycles. The third-order valence-corrected chi connectivity index (χ3v) is 3.50. The van der Waals surface area contributed by atoms with Gasteiger partial charge in [0.2, 0.25) is 5.91 Å². The Hall–Kier alpha value is -1.88. The van der Waals surface area contributed by atoms with Crippen LogP contribution in [0.15, 0.2) is 29.6 Å². The van der Waals surface area contributed by atoms with E-state index in [0.29, 0.717) is 12.1 Å². The zero-order valence-corrected chi connectivity index (χ0v) is 11.2. The topological polar surface area (TPSA) is 59.2 Å². The van der Waals surface area contributed by atoms with Crippen LogP contribution in [0.25, 0.3) is 10.6 Å². The van der Waals surface area contributed by atoms with E-state index in [1.807, 2.05) is 29.6 Å². The Morgan fingerprint density at radius 1 is 1.39 bits per heavy atom. The second-order valence-corrected chi connectivity index (χ2v) is 5.05. The van der Waals surface area contributed by atoms with Crippen LogP contribution in [0.5, 0.6) is 0 Å². The third-order valence-electron chi connectivity index (χ3n) is 2.57. The van der Waals surface area contributed by atoms with Gasteiger partial charge in [-0.15, -0.1) is 11.3 Å². The summed E-state index contributed by atoms with van der Waals surface area (Å²) in [5.74, 6) is 0.0490. The SMILES string of the molecule is CN(C)C(=O)Cc1csc(-c2ccccc2N)n1. The Morgan fingerprint density at radius 2 is 2.11 bits per heavy atom. The molecule has 0 radical (unpaired) electrons. The summed E-state index contributed by atoms with van der Waals surface area (Å²) in [5, 5.41) is 2.76. The standard InChI is InChI=1S/C13H15N3OS/c1-16(2)12(17)7-9-8-18-13(15-9)10-5-3-4-6-11(10)14/h3-6,8H,7,14H2,1-2H3. The fraction of sp³-hybridized carbons (Fsp3) is 0.231. The third kappa shape index (κ3) is 2.68. The molecular weight excluding hydrogens is 246 g/mol.